The van der Waals surface area contributed by atoms with Crippen LogP contribution < -0.4 is 9.64 Å². The Bertz CT molecular complexity index is 1740. The summed E-state index contributed by atoms with van der Waals surface area (Å²) in [5.41, 5.74) is 2.55. The molecule has 0 amide bonds. The molecule has 5 heterocycles. The molecule has 1 unspecified atom stereocenters. The van der Waals surface area contributed by atoms with Gasteiger partial charge in [0.15, 0.2) is 5.76 Å². The number of rotatable bonds is 8. The molecule has 0 spiro atoms. The molecular weight excluding hydrogens is 556 g/mol. The molecule has 1 aromatic carbocycles. The smallest absolute Gasteiger partial charge is 0.325 e. The standard InChI is InChI=1S/C30H30N6O5S/c1-16(2)26(29(38)39)23-15-25(35-41-23)40-30-31-11-8-24(32-30)36-12-9-18(10-13-36)27-17(3)20-14-21(33-34-28(20)42-27)19-6-4-5-7-22(19)37/h4-8,11,14-16,18,26,37H,9-10,12-13H2,1-3H3,(H,38,39). The van der Waals surface area contributed by atoms with Crippen molar-refractivity contribution in [2.24, 2.45) is 5.92 Å². The molecule has 1 saturated heterocycles. The van der Waals surface area contributed by atoms with Crippen LogP contribution in [-0.4, -0.2) is 54.6 Å². The highest BCUT2D eigenvalue weighted by atomic mass is 32.1. The van der Waals surface area contributed by atoms with Crippen LogP contribution in [-0.2, 0) is 4.79 Å². The zero-order chi connectivity index (χ0) is 29.4. The molecule has 1 aliphatic heterocycles. The Balaban J connectivity index is 1.14. The number of aliphatic carboxylic acids is 1. The summed E-state index contributed by atoms with van der Waals surface area (Å²) in [4.78, 5) is 24.8. The molecule has 0 saturated carbocycles. The van der Waals surface area contributed by atoms with E-state index in [1.54, 1.807) is 29.7 Å². The third kappa shape index (κ3) is 5.37. The molecule has 1 atom stereocenters. The number of para-hydroxylation sites is 1. The summed E-state index contributed by atoms with van der Waals surface area (Å²) in [5.74, 6) is -0.304. The average Bonchev–Trinajstić information content (AvgIpc) is 3.56. The Morgan fingerprint density at radius 3 is 2.67 bits per heavy atom. The van der Waals surface area contributed by atoms with Gasteiger partial charge in [-0.1, -0.05) is 26.0 Å². The number of phenolic OH excluding ortho intramolecular Hbond substituents is 1. The second-order valence-electron chi connectivity index (χ2n) is 10.7. The van der Waals surface area contributed by atoms with E-state index in [1.165, 1.54) is 16.5 Å². The molecule has 12 heteroatoms. The van der Waals surface area contributed by atoms with Crippen molar-refractivity contribution in [1.29, 1.82) is 0 Å². The highest BCUT2D eigenvalue weighted by Gasteiger charge is 2.29. The average molecular weight is 587 g/mol. The topological polar surface area (TPSA) is 148 Å². The third-order valence-corrected chi connectivity index (χ3v) is 9.02. The summed E-state index contributed by atoms with van der Waals surface area (Å²) in [6.07, 6.45) is 3.54. The number of benzene rings is 1. The molecule has 1 aliphatic rings. The fraction of sp³-hybridized carbons (Fsp3) is 0.333. The number of anilines is 1. The van der Waals surface area contributed by atoms with Gasteiger partial charge >= 0.3 is 12.0 Å². The minimum Gasteiger partial charge on any atom is -0.507 e. The minimum absolute atomic E-state index is 0.113. The van der Waals surface area contributed by atoms with Gasteiger partial charge in [0.2, 0.25) is 0 Å². The lowest BCUT2D eigenvalue weighted by Crippen LogP contribution is -2.33. The van der Waals surface area contributed by atoms with Crippen LogP contribution in [0.2, 0.25) is 0 Å². The number of aromatic nitrogens is 5. The molecule has 0 aliphatic carbocycles. The van der Waals surface area contributed by atoms with Crippen LogP contribution in [0.4, 0.5) is 5.82 Å². The number of phenols is 1. The number of carboxylic acid groups (broad SMARTS) is 1. The van der Waals surface area contributed by atoms with Crippen LogP contribution in [0.3, 0.4) is 0 Å². The second kappa shape index (κ2) is 11.4. The van der Waals surface area contributed by atoms with E-state index in [1.807, 2.05) is 38.1 Å². The Kier molecular flexibility index (Phi) is 7.46. The van der Waals surface area contributed by atoms with Gasteiger partial charge in [0.1, 0.15) is 22.3 Å². The Hall–Kier alpha value is -4.58. The lowest BCUT2D eigenvalue weighted by atomic mass is 9.92. The number of fused-ring (bicyclic) bond motifs is 1. The van der Waals surface area contributed by atoms with Gasteiger partial charge in [-0.25, -0.2) is 4.98 Å². The summed E-state index contributed by atoms with van der Waals surface area (Å²) in [5, 5.41) is 33.6. The van der Waals surface area contributed by atoms with Crippen LogP contribution in [0, 0.1) is 12.8 Å². The van der Waals surface area contributed by atoms with Crippen molar-refractivity contribution < 1.29 is 24.3 Å². The molecule has 42 heavy (non-hydrogen) atoms. The van der Waals surface area contributed by atoms with E-state index in [2.05, 4.69) is 37.1 Å². The third-order valence-electron chi connectivity index (χ3n) is 7.67. The first-order valence-electron chi connectivity index (χ1n) is 13.8. The number of nitrogens with zero attached hydrogens (tertiary/aromatic N) is 6. The van der Waals surface area contributed by atoms with E-state index in [0.717, 1.165) is 42.0 Å². The maximum atomic E-state index is 11.6. The molecule has 216 valence electrons. The number of ether oxygens (including phenoxy) is 1. The van der Waals surface area contributed by atoms with Crippen molar-refractivity contribution in [2.45, 2.75) is 45.4 Å². The van der Waals surface area contributed by atoms with Crippen molar-refractivity contribution in [3.05, 3.63) is 64.9 Å². The van der Waals surface area contributed by atoms with Gasteiger partial charge in [0.25, 0.3) is 5.88 Å². The van der Waals surface area contributed by atoms with Gasteiger partial charge in [0, 0.05) is 41.2 Å². The predicted octanol–water partition coefficient (Wildman–Crippen LogP) is 6.15. The first-order valence-corrected chi connectivity index (χ1v) is 14.6. The first-order chi connectivity index (χ1) is 20.3. The summed E-state index contributed by atoms with van der Waals surface area (Å²) in [7, 11) is 0. The number of carboxylic acids is 1. The maximum absolute atomic E-state index is 11.6. The molecule has 11 nitrogen and oxygen atoms in total. The molecule has 1 fully saturated rings. The van der Waals surface area contributed by atoms with Crippen LogP contribution >= 0.6 is 11.3 Å². The molecule has 2 N–H and O–H groups in total. The predicted molar refractivity (Wildman–Crippen MR) is 157 cm³/mol. The molecule has 5 aromatic rings. The monoisotopic (exact) mass is 586 g/mol. The molecule has 0 radical (unpaired) electrons. The van der Waals surface area contributed by atoms with E-state index in [0.29, 0.717) is 17.2 Å². The molecule has 0 bridgehead atoms. The van der Waals surface area contributed by atoms with E-state index >= 15 is 0 Å². The first kappa shape index (κ1) is 27.6. The highest BCUT2D eigenvalue weighted by Crippen LogP contribution is 2.41. The Morgan fingerprint density at radius 1 is 1.14 bits per heavy atom. The zero-order valence-corrected chi connectivity index (χ0v) is 24.2. The second-order valence-corrected chi connectivity index (χ2v) is 11.8. The van der Waals surface area contributed by atoms with Crippen molar-refractivity contribution in [3.63, 3.8) is 0 Å². The van der Waals surface area contributed by atoms with Crippen molar-refractivity contribution in [3.8, 4) is 28.9 Å². The Morgan fingerprint density at radius 2 is 1.93 bits per heavy atom. The maximum Gasteiger partial charge on any atom is 0.325 e. The van der Waals surface area contributed by atoms with Crippen LogP contribution in [0.5, 0.6) is 17.6 Å². The molecule has 4 aromatic heterocycles. The summed E-state index contributed by atoms with van der Waals surface area (Å²) in [6, 6.07) is 12.6. The Labute approximate surface area is 245 Å². The lowest BCUT2D eigenvalue weighted by Gasteiger charge is -2.32. The molecular formula is C30H30N6O5S. The number of thiophene rings is 1. The lowest BCUT2D eigenvalue weighted by molar-refractivity contribution is -0.140. The van der Waals surface area contributed by atoms with E-state index in [4.69, 9.17) is 9.26 Å². The minimum atomic E-state index is -0.981. The number of aromatic hydroxyl groups is 1. The van der Waals surface area contributed by atoms with E-state index in [-0.39, 0.29) is 29.3 Å². The number of carbonyl (C=O) groups is 1. The van der Waals surface area contributed by atoms with Crippen LogP contribution in [0.25, 0.3) is 21.5 Å². The summed E-state index contributed by atoms with van der Waals surface area (Å²) >= 11 is 1.69. The van der Waals surface area contributed by atoms with Gasteiger partial charge in [-0.3, -0.25) is 4.79 Å². The van der Waals surface area contributed by atoms with E-state index in [9.17, 15) is 15.0 Å². The number of hydrogen-bond donors (Lipinski definition) is 2. The normalized spacial score (nSPS) is 14.9. The SMILES string of the molecule is Cc1c(C2CCN(c3ccnc(Oc4cc(C(C(=O)O)C(C)C)on4)n3)CC2)sc2nnc(-c3ccccc3O)cc12. The number of aryl methyl sites for hydroxylation is 1. The van der Waals surface area contributed by atoms with Gasteiger partial charge in [0.05, 0.1) is 5.69 Å². The summed E-state index contributed by atoms with van der Waals surface area (Å²) < 4.78 is 11.0. The zero-order valence-electron chi connectivity index (χ0n) is 23.4. The highest BCUT2D eigenvalue weighted by molar-refractivity contribution is 7.18. The molecule has 6 rings (SSSR count). The van der Waals surface area contributed by atoms with Gasteiger partial charge in [-0.15, -0.1) is 21.5 Å². The van der Waals surface area contributed by atoms with Crippen LogP contribution in [0.15, 0.2) is 53.2 Å². The van der Waals surface area contributed by atoms with Crippen molar-refractivity contribution in [1.82, 2.24) is 25.3 Å². The van der Waals surface area contributed by atoms with Gasteiger partial charge in [-0.2, -0.15) is 4.98 Å². The van der Waals surface area contributed by atoms with Gasteiger partial charge < -0.3 is 24.4 Å². The van der Waals surface area contributed by atoms with Gasteiger partial charge in [-0.05, 0) is 66.6 Å². The van der Waals surface area contributed by atoms with E-state index < -0.39 is 11.9 Å². The number of hydrogen-bond acceptors (Lipinski definition) is 11. The van der Waals surface area contributed by atoms with Crippen LogP contribution in [0.1, 0.15) is 54.7 Å². The number of piperidine rings is 1. The summed E-state index contributed by atoms with van der Waals surface area (Å²) in [6.45, 7) is 7.38. The fourth-order valence-corrected chi connectivity index (χ4v) is 6.75. The van der Waals surface area contributed by atoms with Crippen molar-refractivity contribution >= 4 is 33.3 Å². The quantitative estimate of drug-likeness (QED) is 0.216. The largest absolute Gasteiger partial charge is 0.507 e. The van der Waals surface area contributed by atoms with Crippen molar-refractivity contribution in [2.75, 3.05) is 18.0 Å². The fourth-order valence-electron chi connectivity index (χ4n) is 5.47.